The summed E-state index contributed by atoms with van der Waals surface area (Å²) in [5.74, 6) is 0. The second-order valence-electron chi connectivity index (χ2n) is 5.54. The van der Waals surface area contributed by atoms with Crippen molar-refractivity contribution in [1.82, 2.24) is 5.32 Å². The van der Waals surface area contributed by atoms with Crippen LogP contribution in [-0.4, -0.2) is 18.2 Å². The van der Waals surface area contributed by atoms with Crippen LogP contribution in [0.5, 0.6) is 0 Å². The molecule has 2 nitrogen and oxygen atoms in total. The summed E-state index contributed by atoms with van der Waals surface area (Å²) in [7, 11) is 0. The fraction of sp³-hybridized carbons (Fsp3) is 0.625. The molecule has 1 aromatic carbocycles. The highest BCUT2D eigenvalue weighted by molar-refractivity contribution is 9.10. The molecule has 1 fully saturated rings. The van der Waals surface area contributed by atoms with Crippen LogP contribution in [0.15, 0.2) is 22.7 Å². The molecule has 1 aliphatic rings. The van der Waals surface area contributed by atoms with Crippen LogP contribution in [0.25, 0.3) is 0 Å². The van der Waals surface area contributed by atoms with Crippen LogP contribution in [0.2, 0.25) is 5.02 Å². The van der Waals surface area contributed by atoms with Gasteiger partial charge in [0, 0.05) is 28.7 Å². The molecule has 0 aromatic heterocycles. The lowest BCUT2D eigenvalue weighted by atomic mass is 9.86. The van der Waals surface area contributed by atoms with Crippen LogP contribution < -0.4 is 5.32 Å². The third-order valence-electron chi connectivity index (χ3n) is 4.38. The predicted molar refractivity (Wildman–Crippen MR) is 88.3 cm³/mol. The van der Waals surface area contributed by atoms with Crippen LogP contribution >= 0.6 is 27.5 Å². The van der Waals surface area contributed by atoms with E-state index >= 15 is 0 Å². The van der Waals surface area contributed by atoms with Gasteiger partial charge in [0.25, 0.3) is 0 Å². The molecule has 1 N–H and O–H groups in total. The molecule has 0 saturated carbocycles. The lowest BCUT2D eigenvalue weighted by Crippen LogP contribution is -2.46. The highest BCUT2D eigenvalue weighted by atomic mass is 79.9. The van der Waals surface area contributed by atoms with E-state index in [-0.39, 0.29) is 5.60 Å². The molecular formula is C16H23BrClNO. The number of rotatable bonds is 5. The Morgan fingerprint density at radius 3 is 2.80 bits per heavy atom. The van der Waals surface area contributed by atoms with E-state index in [0.717, 1.165) is 53.9 Å². The Hall–Kier alpha value is -0.0900. The van der Waals surface area contributed by atoms with Crippen molar-refractivity contribution >= 4 is 27.5 Å². The minimum atomic E-state index is 0.0689. The average molecular weight is 361 g/mol. The smallest absolute Gasteiger partial charge is 0.0692 e. The molecule has 2 rings (SSSR count). The van der Waals surface area contributed by atoms with Crippen LogP contribution in [0.1, 0.15) is 45.1 Å². The van der Waals surface area contributed by atoms with E-state index in [9.17, 15) is 0 Å². The first kappa shape index (κ1) is 16.3. The minimum Gasteiger partial charge on any atom is -0.375 e. The largest absolute Gasteiger partial charge is 0.375 e. The average Bonchev–Trinajstić information content (AvgIpc) is 2.46. The molecule has 112 valence electrons. The first-order valence-corrected chi connectivity index (χ1v) is 8.57. The number of hydrogen-bond donors (Lipinski definition) is 1. The molecule has 4 heteroatoms. The molecule has 1 atom stereocenters. The zero-order chi connectivity index (χ0) is 14.6. The van der Waals surface area contributed by atoms with Gasteiger partial charge in [-0.05, 0) is 43.4 Å². The summed E-state index contributed by atoms with van der Waals surface area (Å²) in [6, 6.07) is 6.58. The molecular weight excluding hydrogens is 338 g/mol. The topological polar surface area (TPSA) is 21.3 Å². The molecule has 1 saturated heterocycles. The van der Waals surface area contributed by atoms with Crippen molar-refractivity contribution < 1.29 is 4.74 Å². The summed E-state index contributed by atoms with van der Waals surface area (Å²) < 4.78 is 7.03. The number of halogens is 2. The summed E-state index contributed by atoms with van der Waals surface area (Å²) in [5, 5.41) is 4.46. The molecule has 1 unspecified atom stereocenters. The Kier molecular flexibility index (Phi) is 5.91. The van der Waals surface area contributed by atoms with Gasteiger partial charge in [0.1, 0.15) is 0 Å². The molecule has 1 aliphatic heterocycles. The van der Waals surface area contributed by atoms with E-state index < -0.39 is 0 Å². The first-order valence-electron chi connectivity index (χ1n) is 7.40. The maximum Gasteiger partial charge on any atom is 0.0692 e. The second-order valence-corrected chi connectivity index (χ2v) is 6.87. The molecule has 0 spiro atoms. The first-order chi connectivity index (χ1) is 9.58. The van der Waals surface area contributed by atoms with Gasteiger partial charge in [-0.15, -0.1) is 0 Å². The maximum absolute atomic E-state index is 6.26. The third-order valence-corrected chi connectivity index (χ3v) is 5.22. The van der Waals surface area contributed by atoms with E-state index in [2.05, 4.69) is 41.2 Å². The van der Waals surface area contributed by atoms with E-state index in [0.29, 0.717) is 6.04 Å². The molecule has 0 amide bonds. The van der Waals surface area contributed by atoms with E-state index in [1.807, 2.05) is 12.1 Å². The molecule has 1 aromatic rings. The highest BCUT2D eigenvalue weighted by Crippen LogP contribution is 2.31. The van der Waals surface area contributed by atoms with Crippen molar-refractivity contribution in [2.75, 3.05) is 6.61 Å². The van der Waals surface area contributed by atoms with Gasteiger partial charge < -0.3 is 10.1 Å². The van der Waals surface area contributed by atoms with Gasteiger partial charge in [0.15, 0.2) is 0 Å². The Morgan fingerprint density at radius 2 is 2.15 bits per heavy atom. The molecule has 0 bridgehead atoms. The van der Waals surface area contributed by atoms with Crippen molar-refractivity contribution in [2.24, 2.45) is 0 Å². The Bertz CT molecular complexity index is 448. The summed E-state index contributed by atoms with van der Waals surface area (Å²) in [6.07, 6.45) is 4.34. The maximum atomic E-state index is 6.26. The van der Waals surface area contributed by atoms with Gasteiger partial charge in [0.05, 0.1) is 5.60 Å². The summed E-state index contributed by atoms with van der Waals surface area (Å²) in [4.78, 5) is 0. The van der Waals surface area contributed by atoms with Gasteiger partial charge in [-0.3, -0.25) is 0 Å². The van der Waals surface area contributed by atoms with Crippen molar-refractivity contribution in [3.8, 4) is 0 Å². The van der Waals surface area contributed by atoms with Crippen LogP contribution in [0.3, 0.4) is 0 Å². The summed E-state index contributed by atoms with van der Waals surface area (Å²) in [6.45, 7) is 6.11. The summed E-state index contributed by atoms with van der Waals surface area (Å²) >= 11 is 9.70. The van der Waals surface area contributed by atoms with Crippen molar-refractivity contribution in [1.29, 1.82) is 0 Å². The van der Waals surface area contributed by atoms with Crippen molar-refractivity contribution in [3.05, 3.63) is 33.3 Å². The van der Waals surface area contributed by atoms with Crippen molar-refractivity contribution in [2.45, 2.75) is 57.7 Å². The normalized spacial score (nSPS) is 21.9. The SMILES string of the molecule is CCC1(CC)CC(NCc2ccc(Br)cc2Cl)CCO1. The van der Waals surface area contributed by atoms with Crippen LogP contribution in [0.4, 0.5) is 0 Å². The Balaban J connectivity index is 1.93. The summed E-state index contributed by atoms with van der Waals surface area (Å²) in [5.41, 5.74) is 1.22. The van der Waals surface area contributed by atoms with E-state index in [1.165, 1.54) is 0 Å². The standard InChI is InChI=1S/C16H23BrClNO/c1-3-16(4-2)10-14(7-8-20-16)19-11-12-5-6-13(17)9-15(12)18/h5-6,9,14,19H,3-4,7-8,10-11H2,1-2H3. The predicted octanol–water partition coefficient (Wildman–Crippen LogP) is 4.93. The lowest BCUT2D eigenvalue weighted by Gasteiger charge is -2.40. The minimum absolute atomic E-state index is 0.0689. The fourth-order valence-electron chi connectivity index (χ4n) is 2.86. The van der Waals surface area contributed by atoms with Gasteiger partial charge in [-0.1, -0.05) is 47.4 Å². The highest BCUT2D eigenvalue weighted by Gasteiger charge is 2.34. The molecule has 0 radical (unpaired) electrons. The van der Waals surface area contributed by atoms with Crippen LogP contribution in [0, 0.1) is 0 Å². The van der Waals surface area contributed by atoms with Gasteiger partial charge in [0.2, 0.25) is 0 Å². The van der Waals surface area contributed by atoms with Gasteiger partial charge in [-0.25, -0.2) is 0 Å². The van der Waals surface area contributed by atoms with E-state index in [1.54, 1.807) is 0 Å². The quantitative estimate of drug-likeness (QED) is 0.804. The fourth-order valence-corrected chi connectivity index (χ4v) is 3.60. The van der Waals surface area contributed by atoms with Crippen LogP contribution in [-0.2, 0) is 11.3 Å². The molecule has 20 heavy (non-hydrogen) atoms. The monoisotopic (exact) mass is 359 g/mol. The Morgan fingerprint density at radius 1 is 1.40 bits per heavy atom. The number of ether oxygens (including phenoxy) is 1. The number of hydrogen-bond acceptors (Lipinski definition) is 2. The molecule has 0 aliphatic carbocycles. The second kappa shape index (κ2) is 7.26. The van der Waals surface area contributed by atoms with Gasteiger partial charge in [-0.2, -0.15) is 0 Å². The number of benzene rings is 1. The Labute approximate surface area is 135 Å². The van der Waals surface area contributed by atoms with Gasteiger partial charge >= 0.3 is 0 Å². The number of nitrogens with one attached hydrogen (secondary N) is 1. The lowest BCUT2D eigenvalue weighted by molar-refractivity contribution is -0.0932. The molecule has 1 heterocycles. The van der Waals surface area contributed by atoms with E-state index in [4.69, 9.17) is 16.3 Å². The zero-order valence-electron chi connectivity index (χ0n) is 12.2. The third kappa shape index (κ3) is 3.97. The van der Waals surface area contributed by atoms with Crippen molar-refractivity contribution in [3.63, 3.8) is 0 Å². The zero-order valence-corrected chi connectivity index (χ0v) is 14.6.